The zero-order chi connectivity index (χ0) is 13.9. The molecule has 0 unspecified atom stereocenters. The smallest absolute Gasteiger partial charge is 0.172 e. The Kier molecular flexibility index (Phi) is 3.82. The molecule has 3 aromatic rings. The van der Waals surface area contributed by atoms with E-state index < -0.39 is 0 Å². The normalized spacial score (nSPS) is 10.4. The monoisotopic (exact) mass is 314 g/mol. The van der Waals surface area contributed by atoms with Crippen molar-refractivity contribution in [3.63, 3.8) is 0 Å². The van der Waals surface area contributed by atoms with Crippen LogP contribution in [0, 0.1) is 0 Å². The predicted octanol–water partition coefficient (Wildman–Crippen LogP) is 3.47. The first-order valence-electron chi connectivity index (χ1n) is 5.94. The highest BCUT2D eigenvalue weighted by Gasteiger charge is 2.06. The minimum Gasteiger partial charge on any atom is -0.338 e. The third-order valence-corrected chi connectivity index (χ3v) is 4.33. The maximum Gasteiger partial charge on any atom is 0.172 e. The van der Waals surface area contributed by atoms with Gasteiger partial charge in [0.1, 0.15) is 0 Å². The zero-order valence-electron chi connectivity index (χ0n) is 10.3. The van der Waals surface area contributed by atoms with Crippen molar-refractivity contribution in [3.8, 4) is 0 Å². The number of rotatable bonds is 3. The number of hydrogen-bond donors (Lipinski definition) is 1. The highest BCUT2D eigenvalue weighted by atomic mass is 35.5. The van der Waals surface area contributed by atoms with Gasteiger partial charge in [-0.25, -0.2) is 9.97 Å². The number of fused-ring (bicyclic) bond motifs is 1. The van der Waals surface area contributed by atoms with E-state index >= 15 is 0 Å². The standard InChI is InChI=1S/C14H9ClN3SSi/c15-13-14(16-9-5-7-10(20-19)8-6-9)18-12-4-2-1-3-11(12)17-13/h1-8H,(H,16,18). The van der Waals surface area contributed by atoms with Crippen LogP contribution in [0.15, 0.2) is 48.5 Å². The summed E-state index contributed by atoms with van der Waals surface area (Å²) < 4.78 is 0. The van der Waals surface area contributed by atoms with Crippen LogP contribution in [-0.4, -0.2) is 18.2 Å². The van der Waals surface area contributed by atoms with Crippen LogP contribution in [0.1, 0.15) is 0 Å². The summed E-state index contributed by atoms with van der Waals surface area (Å²) in [7, 11) is 0.380. The highest BCUT2D eigenvalue weighted by molar-refractivity contribution is 7.87. The maximum atomic E-state index is 6.16. The molecule has 0 bridgehead atoms. The van der Waals surface area contributed by atoms with Gasteiger partial charge in [-0.2, -0.15) is 0 Å². The van der Waals surface area contributed by atoms with Crippen molar-refractivity contribution in [1.29, 1.82) is 0 Å². The zero-order valence-corrected chi connectivity index (χ0v) is 12.9. The fraction of sp³-hybridized carbons (Fsp3) is 0. The Morgan fingerprint density at radius 3 is 2.25 bits per heavy atom. The molecule has 0 spiro atoms. The molecular formula is C14H9ClN3SSi. The molecule has 1 N–H and O–H groups in total. The van der Waals surface area contributed by atoms with E-state index in [1.807, 2.05) is 48.5 Å². The van der Waals surface area contributed by atoms with E-state index in [2.05, 4.69) is 15.3 Å². The third-order valence-electron chi connectivity index (χ3n) is 2.79. The molecule has 0 aliphatic heterocycles. The SMILES string of the molecule is S=[Si]c1ccc(Nc2nc3ccccc3nc2Cl)cc1. The lowest BCUT2D eigenvalue weighted by Crippen LogP contribution is -2.04. The van der Waals surface area contributed by atoms with Crippen LogP contribution < -0.4 is 10.5 Å². The summed E-state index contributed by atoms with van der Waals surface area (Å²) in [6.07, 6.45) is 0. The second-order valence-corrected chi connectivity index (χ2v) is 5.91. The molecule has 97 valence electrons. The molecule has 6 heteroatoms. The largest absolute Gasteiger partial charge is 0.338 e. The van der Waals surface area contributed by atoms with Crippen LogP contribution in [0.5, 0.6) is 0 Å². The highest BCUT2D eigenvalue weighted by Crippen LogP contribution is 2.23. The molecule has 0 fully saturated rings. The Hall–Kier alpha value is -1.69. The molecule has 2 aromatic carbocycles. The van der Waals surface area contributed by atoms with Crippen LogP contribution in [0.2, 0.25) is 5.15 Å². The van der Waals surface area contributed by atoms with Crippen molar-refractivity contribution < 1.29 is 0 Å². The van der Waals surface area contributed by atoms with Crippen molar-refractivity contribution in [2.24, 2.45) is 0 Å². The lowest BCUT2D eigenvalue weighted by molar-refractivity contribution is 1.28. The number of halogens is 1. The topological polar surface area (TPSA) is 37.8 Å². The molecule has 0 saturated heterocycles. The first-order valence-corrected chi connectivity index (χ1v) is 8.45. The Morgan fingerprint density at radius 1 is 0.950 bits per heavy atom. The van der Waals surface area contributed by atoms with Crippen molar-refractivity contribution in [2.75, 3.05) is 5.32 Å². The minimum atomic E-state index is 0.359. The maximum absolute atomic E-state index is 6.16. The number of hydrogen-bond acceptors (Lipinski definition) is 4. The van der Waals surface area contributed by atoms with Gasteiger partial charge in [0.15, 0.2) is 19.2 Å². The number of aromatic nitrogens is 2. The molecular weight excluding hydrogens is 306 g/mol. The lowest BCUT2D eigenvalue weighted by Gasteiger charge is -2.08. The van der Waals surface area contributed by atoms with E-state index in [0.29, 0.717) is 19.2 Å². The number of nitrogens with zero attached hydrogens (tertiary/aromatic N) is 2. The number of anilines is 2. The molecule has 0 aliphatic rings. The van der Waals surface area contributed by atoms with Gasteiger partial charge < -0.3 is 5.32 Å². The number of benzene rings is 2. The van der Waals surface area contributed by atoms with E-state index in [9.17, 15) is 0 Å². The summed E-state index contributed by atoms with van der Waals surface area (Å²) in [5.74, 6) is 0.555. The van der Waals surface area contributed by atoms with Gasteiger partial charge in [-0.05, 0) is 29.5 Å². The van der Waals surface area contributed by atoms with Gasteiger partial charge in [-0.1, -0.05) is 35.9 Å². The van der Waals surface area contributed by atoms with Gasteiger partial charge in [0.05, 0.1) is 11.0 Å². The molecule has 3 rings (SSSR count). The van der Waals surface area contributed by atoms with Gasteiger partial charge in [0, 0.05) is 5.69 Å². The summed E-state index contributed by atoms with van der Waals surface area (Å²) in [5, 5.41) is 4.68. The van der Waals surface area contributed by atoms with Crippen LogP contribution in [0.3, 0.4) is 0 Å². The Labute approximate surface area is 128 Å². The van der Waals surface area contributed by atoms with E-state index in [0.717, 1.165) is 21.9 Å². The summed E-state index contributed by atoms with van der Waals surface area (Å²) in [5.41, 5.74) is 2.50. The second kappa shape index (κ2) is 5.74. The molecule has 0 saturated carbocycles. The van der Waals surface area contributed by atoms with Crippen LogP contribution in [0.4, 0.5) is 11.5 Å². The summed E-state index contributed by atoms with van der Waals surface area (Å²) in [6.45, 7) is 0. The van der Waals surface area contributed by atoms with Gasteiger partial charge in [0.2, 0.25) is 0 Å². The van der Waals surface area contributed by atoms with Crippen LogP contribution in [0.25, 0.3) is 11.0 Å². The lowest BCUT2D eigenvalue weighted by atomic mass is 10.3. The van der Waals surface area contributed by atoms with Crippen LogP contribution in [-0.2, 0) is 0 Å². The van der Waals surface area contributed by atoms with E-state index in [1.165, 1.54) is 0 Å². The average Bonchev–Trinajstić information content (AvgIpc) is 2.49. The van der Waals surface area contributed by atoms with Gasteiger partial charge in [-0.3, -0.25) is 0 Å². The number of para-hydroxylation sites is 2. The molecule has 1 heterocycles. The van der Waals surface area contributed by atoms with E-state index in [-0.39, 0.29) is 0 Å². The molecule has 1 radical (unpaired) electrons. The molecule has 0 amide bonds. The minimum absolute atomic E-state index is 0.359. The fourth-order valence-corrected chi connectivity index (χ4v) is 2.71. The van der Waals surface area contributed by atoms with E-state index in [1.54, 1.807) is 0 Å². The molecule has 0 aliphatic carbocycles. The first-order chi connectivity index (χ1) is 9.76. The first kappa shape index (κ1) is 13.3. The van der Waals surface area contributed by atoms with Crippen molar-refractivity contribution in [1.82, 2.24) is 9.97 Å². The molecule has 3 nitrogen and oxygen atoms in total. The van der Waals surface area contributed by atoms with Crippen LogP contribution >= 0.6 is 23.2 Å². The van der Waals surface area contributed by atoms with Crippen molar-refractivity contribution in [2.45, 2.75) is 0 Å². The molecule has 20 heavy (non-hydrogen) atoms. The Balaban J connectivity index is 1.96. The van der Waals surface area contributed by atoms with Gasteiger partial charge >= 0.3 is 0 Å². The number of nitrogens with one attached hydrogen (secondary N) is 1. The summed E-state index contributed by atoms with van der Waals surface area (Å²) >= 11 is 11.2. The quantitative estimate of drug-likeness (QED) is 0.751. The predicted molar refractivity (Wildman–Crippen MR) is 87.3 cm³/mol. The molecule has 0 atom stereocenters. The van der Waals surface area contributed by atoms with E-state index in [4.69, 9.17) is 23.2 Å². The summed E-state index contributed by atoms with van der Waals surface area (Å²) in [6, 6.07) is 15.5. The van der Waals surface area contributed by atoms with Gasteiger partial charge in [0.25, 0.3) is 0 Å². The third kappa shape index (κ3) is 2.75. The average molecular weight is 315 g/mol. The second-order valence-electron chi connectivity index (χ2n) is 4.16. The van der Waals surface area contributed by atoms with Crippen molar-refractivity contribution in [3.05, 3.63) is 53.7 Å². The van der Waals surface area contributed by atoms with Gasteiger partial charge in [-0.15, -0.1) is 11.6 Å². The van der Waals surface area contributed by atoms with Crippen molar-refractivity contribution >= 4 is 59.2 Å². The Morgan fingerprint density at radius 2 is 1.60 bits per heavy atom. The fourth-order valence-electron chi connectivity index (χ4n) is 1.82. The Bertz CT molecular complexity index is 777. The summed E-state index contributed by atoms with van der Waals surface area (Å²) in [4.78, 5) is 8.82. The molecule has 1 aromatic heterocycles.